The van der Waals surface area contributed by atoms with Gasteiger partial charge in [0.1, 0.15) is 4.99 Å². The molecule has 4 nitrogen and oxygen atoms in total. The fourth-order valence-electron chi connectivity index (χ4n) is 2.81. The van der Waals surface area contributed by atoms with Crippen molar-refractivity contribution in [3.8, 4) is 0 Å². The van der Waals surface area contributed by atoms with Crippen LogP contribution in [0, 0.1) is 11.8 Å². The molecule has 0 spiro atoms. The van der Waals surface area contributed by atoms with E-state index >= 15 is 0 Å². The summed E-state index contributed by atoms with van der Waals surface area (Å²) in [6, 6.07) is 6.46. The van der Waals surface area contributed by atoms with Gasteiger partial charge in [0.25, 0.3) is 0 Å². The quantitative estimate of drug-likeness (QED) is 0.815. The normalized spacial score (nSPS) is 22.9. The maximum Gasteiger partial charge on any atom is 0.240 e. The van der Waals surface area contributed by atoms with E-state index < -0.39 is 10.0 Å². The van der Waals surface area contributed by atoms with Crippen molar-refractivity contribution in [2.45, 2.75) is 37.5 Å². The van der Waals surface area contributed by atoms with Gasteiger partial charge in [-0.1, -0.05) is 50.5 Å². The Labute approximate surface area is 132 Å². The molecule has 1 aliphatic carbocycles. The highest BCUT2D eigenvalue weighted by Crippen LogP contribution is 2.29. The van der Waals surface area contributed by atoms with Gasteiger partial charge in [-0.05, 0) is 30.4 Å². The maximum atomic E-state index is 12.4. The first-order valence-corrected chi connectivity index (χ1v) is 9.19. The molecular formula is C15H22N2O2S2. The van der Waals surface area contributed by atoms with Gasteiger partial charge in [-0.2, -0.15) is 0 Å². The van der Waals surface area contributed by atoms with Crippen molar-refractivity contribution in [2.24, 2.45) is 17.6 Å². The van der Waals surface area contributed by atoms with E-state index in [1.807, 2.05) is 0 Å². The molecule has 21 heavy (non-hydrogen) atoms. The first-order valence-electron chi connectivity index (χ1n) is 7.29. The van der Waals surface area contributed by atoms with E-state index in [2.05, 4.69) is 11.6 Å². The molecular weight excluding hydrogens is 304 g/mol. The summed E-state index contributed by atoms with van der Waals surface area (Å²) in [6.45, 7) is 2.70. The number of hydrogen-bond acceptors (Lipinski definition) is 3. The standard InChI is InChI=1S/C15H22N2O2S2/c1-11-5-2-3-6-13(11)10-17-21(18,19)14-8-4-7-12(9-14)15(16)20/h4,7-9,11,13,17H,2-3,5-6,10H2,1H3,(H2,16,20). The molecule has 116 valence electrons. The smallest absolute Gasteiger partial charge is 0.240 e. The van der Waals surface area contributed by atoms with Gasteiger partial charge >= 0.3 is 0 Å². The van der Waals surface area contributed by atoms with Crippen LogP contribution < -0.4 is 10.5 Å². The summed E-state index contributed by atoms with van der Waals surface area (Å²) in [4.78, 5) is 0.421. The minimum atomic E-state index is -3.50. The van der Waals surface area contributed by atoms with Crippen molar-refractivity contribution in [3.05, 3.63) is 29.8 Å². The van der Waals surface area contributed by atoms with Gasteiger partial charge in [-0.3, -0.25) is 0 Å². The monoisotopic (exact) mass is 326 g/mol. The van der Waals surface area contributed by atoms with Gasteiger partial charge in [0, 0.05) is 12.1 Å². The third-order valence-corrected chi connectivity index (χ3v) is 5.91. The number of nitrogens with two attached hydrogens (primary N) is 1. The average molecular weight is 326 g/mol. The zero-order valence-corrected chi connectivity index (χ0v) is 13.8. The molecule has 0 amide bonds. The molecule has 2 unspecified atom stereocenters. The van der Waals surface area contributed by atoms with Crippen LogP contribution in [0.4, 0.5) is 0 Å². The molecule has 2 atom stereocenters. The highest BCUT2D eigenvalue weighted by Gasteiger charge is 2.23. The molecule has 0 aliphatic heterocycles. The molecule has 6 heteroatoms. The zero-order valence-electron chi connectivity index (χ0n) is 12.2. The van der Waals surface area contributed by atoms with Gasteiger partial charge in [-0.15, -0.1) is 0 Å². The average Bonchev–Trinajstić information content (AvgIpc) is 2.46. The number of thiocarbonyl (C=S) groups is 1. The fourth-order valence-corrected chi connectivity index (χ4v) is 4.08. The van der Waals surface area contributed by atoms with Crippen LogP contribution in [-0.4, -0.2) is 20.0 Å². The van der Waals surface area contributed by atoms with Crippen molar-refractivity contribution >= 4 is 27.2 Å². The Morgan fingerprint density at radius 1 is 1.38 bits per heavy atom. The van der Waals surface area contributed by atoms with E-state index in [0.717, 1.165) is 6.42 Å². The lowest BCUT2D eigenvalue weighted by molar-refractivity contribution is 0.257. The predicted molar refractivity (Wildman–Crippen MR) is 88.6 cm³/mol. The molecule has 0 bridgehead atoms. The Bertz CT molecular complexity index is 614. The summed E-state index contributed by atoms with van der Waals surface area (Å²) >= 11 is 4.89. The molecule has 3 N–H and O–H groups in total. The second-order valence-electron chi connectivity index (χ2n) is 5.77. The molecule has 1 saturated carbocycles. The highest BCUT2D eigenvalue weighted by atomic mass is 32.2. The number of sulfonamides is 1. The summed E-state index contributed by atoms with van der Waals surface area (Å²) < 4.78 is 27.5. The topological polar surface area (TPSA) is 72.2 Å². The van der Waals surface area contributed by atoms with E-state index in [4.69, 9.17) is 18.0 Å². The molecule has 0 aromatic heterocycles. The lowest BCUT2D eigenvalue weighted by Gasteiger charge is -2.28. The van der Waals surface area contributed by atoms with Crippen molar-refractivity contribution in [3.63, 3.8) is 0 Å². The first-order chi connectivity index (χ1) is 9.90. The summed E-state index contributed by atoms with van der Waals surface area (Å²) in [5.41, 5.74) is 6.12. The van der Waals surface area contributed by atoms with Crippen LogP contribution in [0.1, 0.15) is 38.2 Å². The van der Waals surface area contributed by atoms with Gasteiger partial charge in [0.2, 0.25) is 10.0 Å². The molecule has 2 rings (SSSR count). The Morgan fingerprint density at radius 3 is 2.76 bits per heavy atom. The second kappa shape index (κ2) is 6.85. The van der Waals surface area contributed by atoms with Crippen molar-refractivity contribution < 1.29 is 8.42 Å². The van der Waals surface area contributed by atoms with Gasteiger partial charge in [0.05, 0.1) is 4.90 Å². The lowest BCUT2D eigenvalue weighted by atomic mass is 9.81. The van der Waals surface area contributed by atoms with E-state index in [1.54, 1.807) is 18.2 Å². The van der Waals surface area contributed by atoms with Crippen LogP contribution in [0.3, 0.4) is 0 Å². The summed E-state index contributed by atoms with van der Waals surface area (Å²) in [5.74, 6) is 0.997. The van der Waals surface area contributed by atoms with Gasteiger partial charge in [0.15, 0.2) is 0 Å². The van der Waals surface area contributed by atoms with Crippen LogP contribution in [0.5, 0.6) is 0 Å². The van der Waals surface area contributed by atoms with Crippen LogP contribution in [0.25, 0.3) is 0 Å². The van der Waals surface area contributed by atoms with Gasteiger partial charge < -0.3 is 5.73 Å². The zero-order chi connectivity index (χ0) is 15.5. The number of nitrogens with one attached hydrogen (secondary N) is 1. The predicted octanol–water partition coefficient (Wildman–Crippen LogP) is 2.43. The van der Waals surface area contributed by atoms with E-state index in [-0.39, 0.29) is 9.88 Å². The molecule has 1 aromatic rings. The summed E-state index contributed by atoms with van der Waals surface area (Å²) in [5, 5.41) is 0. The molecule has 0 radical (unpaired) electrons. The molecule has 0 heterocycles. The van der Waals surface area contributed by atoms with Crippen LogP contribution >= 0.6 is 12.2 Å². The SMILES string of the molecule is CC1CCCCC1CNS(=O)(=O)c1cccc(C(N)=S)c1. The molecule has 0 saturated heterocycles. The second-order valence-corrected chi connectivity index (χ2v) is 7.97. The maximum absolute atomic E-state index is 12.4. The Hall–Kier alpha value is -0.980. The highest BCUT2D eigenvalue weighted by molar-refractivity contribution is 7.89. The molecule has 1 aliphatic rings. The van der Waals surface area contributed by atoms with E-state index in [1.165, 1.54) is 25.3 Å². The van der Waals surface area contributed by atoms with E-state index in [0.29, 0.717) is 23.9 Å². The summed E-state index contributed by atoms with van der Waals surface area (Å²) in [6.07, 6.45) is 4.72. The Balaban J connectivity index is 2.07. The van der Waals surface area contributed by atoms with Crippen molar-refractivity contribution in [1.29, 1.82) is 0 Å². The lowest BCUT2D eigenvalue weighted by Crippen LogP contribution is -2.33. The number of rotatable bonds is 5. The number of hydrogen-bond donors (Lipinski definition) is 2. The van der Waals surface area contributed by atoms with E-state index in [9.17, 15) is 8.42 Å². The molecule has 1 fully saturated rings. The minimum Gasteiger partial charge on any atom is -0.389 e. The third kappa shape index (κ3) is 4.25. The first kappa shape index (κ1) is 16.4. The largest absolute Gasteiger partial charge is 0.389 e. The van der Waals surface area contributed by atoms with Crippen LogP contribution in [-0.2, 0) is 10.0 Å². The molecule has 1 aromatic carbocycles. The number of benzene rings is 1. The van der Waals surface area contributed by atoms with Crippen LogP contribution in [0.15, 0.2) is 29.2 Å². The Morgan fingerprint density at radius 2 is 2.10 bits per heavy atom. The fraction of sp³-hybridized carbons (Fsp3) is 0.533. The third-order valence-electron chi connectivity index (χ3n) is 4.25. The van der Waals surface area contributed by atoms with Crippen molar-refractivity contribution in [2.75, 3.05) is 6.54 Å². The van der Waals surface area contributed by atoms with Crippen LogP contribution in [0.2, 0.25) is 0 Å². The summed E-state index contributed by atoms with van der Waals surface area (Å²) in [7, 11) is -3.50. The van der Waals surface area contributed by atoms with Gasteiger partial charge in [-0.25, -0.2) is 13.1 Å². The Kier molecular flexibility index (Phi) is 5.35. The van der Waals surface area contributed by atoms with Crippen molar-refractivity contribution in [1.82, 2.24) is 4.72 Å². The minimum absolute atomic E-state index is 0.202.